The monoisotopic (exact) mass is 370 g/mol. The number of nitrogens with zero attached hydrogens (tertiary/aromatic N) is 2. The summed E-state index contributed by atoms with van der Waals surface area (Å²) >= 11 is 0. The van der Waals surface area contributed by atoms with Gasteiger partial charge < -0.3 is 9.47 Å². The number of nitriles is 1. The number of hydrogen-bond acceptors (Lipinski definition) is 7. The van der Waals surface area contributed by atoms with Gasteiger partial charge in [-0.3, -0.25) is 30.6 Å². The highest BCUT2D eigenvalue weighted by molar-refractivity contribution is 5.83. The first kappa shape index (κ1) is 19.2. The molecule has 2 aromatic rings. The summed E-state index contributed by atoms with van der Waals surface area (Å²) in [5, 5.41) is 19.5. The minimum absolute atomic E-state index is 0.0619. The van der Waals surface area contributed by atoms with Crippen molar-refractivity contribution < 1.29 is 24.0 Å². The second kappa shape index (κ2) is 9.38. The van der Waals surface area contributed by atoms with E-state index in [4.69, 9.17) is 14.7 Å². The first-order valence-electron chi connectivity index (χ1n) is 7.56. The molecule has 2 N–H and O–H groups in total. The fourth-order valence-electron chi connectivity index (χ4n) is 1.86. The minimum atomic E-state index is -0.708. The van der Waals surface area contributed by atoms with Crippen molar-refractivity contribution in [2.75, 3.05) is 13.2 Å². The highest BCUT2D eigenvalue weighted by atomic mass is 16.6. The molecule has 0 aliphatic rings. The quantitative estimate of drug-likeness (QED) is 0.548. The number of hydrazine groups is 1. The molecule has 0 aliphatic heterocycles. The Morgan fingerprint density at radius 1 is 1.00 bits per heavy atom. The number of rotatable bonds is 7. The van der Waals surface area contributed by atoms with Gasteiger partial charge in [0.25, 0.3) is 11.8 Å². The van der Waals surface area contributed by atoms with Crippen LogP contribution in [0.5, 0.6) is 11.5 Å². The zero-order valence-corrected chi connectivity index (χ0v) is 13.9. The third-order valence-electron chi connectivity index (χ3n) is 3.12. The van der Waals surface area contributed by atoms with Gasteiger partial charge in [0.05, 0.1) is 16.6 Å². The zero-order chi connectivity index (χ0) is 19.6. The number of nitrogens with one attached hydrogen (secondary N) is 2. The van der Waals surface area contributed by atoms with Crippen molar-refractivity contribution in [2.24, 2.45) is 0 Å². The van der Waals surface area contributed by atoms with Crippen LogP contribution >= 0.6 is 0 Å². The van der Waals surface area contributed by atoms with E-state index in [1.54, 1.807) is 0 Å². The number of para-hydroxylation sites is 2. The van der Waals surface area contributed by atoms with Gasteiger partial charge in [0.1, 0.15) is 5.75 Å². The van der Waals surface area contributed by atoms with Gasteiger partial charge in [-0.2, -0.15) is 5.26 Å². The van der Waals surface area contributed by atoms with Gasteiger partial charge in [-0.1, -0.05) is 12.1 Å². The Balaban J connectivity index is 1.72. The third-order valence-corrected chi connectivity index (χ3v) is 3.12. The van der Waals surface area contributed by atoms with Crippen molar-refractivity contribution in [3.05, 3.63) is 64.2 Å². The third kappa shape index (κ3) is 6.02. The van der Waals surface area contributed by atoms with E-state index < -0.39 is 23.3 Å². The molecule has 10 heteroatoms. The van der Waals surface area contributed by atoms with Crippen molar-refractivity contribution in [1.82, 2.24) is 10.9 Å². The molecular weight excluding hydrogens is 356 g/mol. The van der Waals surface area contributed by atoms with Crippen molar-refractivity contribution >= 4 is 17.5 Å². The second-order valence-corrected chi connectivity index (χ2v) is 5.03. The van der Waals surface area contributed by atoms with Crippen LogP contribution in [-0.4, -0.2) is 30.0 Å². The van der Waals surface area contributed by atoms with Gasteiger partial charge in [-0.15, -0.1) is 0 Å². The Kier molecular flexibility index (Phi) is 6.67. The molecule has 0 aromatic heterocycles. The molecule has 0 bridgehead atoms. The van der Waals surface area contributed by atoms with Crippen LogP contribution in [0, 0.1) is 21.4 Å². The maximum atomic E-state index is 11.7. The van der Waals surface area contributed by atoms with Crippen LogP contribution < -0.4 is 20.3 Å². The van der Waals surface area contributed by atoms with E-state index in [1.807, 2.05) is 6.07 Å². The lowest BCUT2D eigenvalue weighted by Gasteiger charge is -2.10. The molecule has 0 spiro atoms. The van der Waals surface area contributed by atoms with Crippen LogP contribution in [0.4, 0.5) is 5.69 Å². The van der Waals surface area contributed by atoms with Gasteiger partial charge in [-0.05, 0) is 30.3 Å². The number of carbonyl (C=O) groups excluding carboxylic acids is 2. The lowest BCUT2D eigenvalue weighted by molar-refractivity contribution is -0.385. The van der Waals surface area contributed by atoms with Crippen molar-refractivity contribution in [2.45, 2.75) is 0 Å². The molecule has 0 fully saturated rings. The first-order chi connectivity index (χ1) is 13.0. The average Bonchev–Trinajstić information content (AvgIpc) is 2.69. The number of ether oxygens (including phenoxy) is 2. The zero-order valence-electron chi connectivity index (χ0n) is 13.9. The van der Waals surface area contributed by atoms with Gasteiger partial charge in [-0.25, -0.2) is 0 Å². The number of nitro benzene ring substituents is 1. The summed E-state index contributed by atoms with van der Waals surface area (Å²) in [7, 11) is 0. The molecule has 2 aromatic carbocycles. The molecule has 0 saturated heterocycles. The largest absolute Gasteiger partial charge is 0.484 e. The van der Waals surface area contributed by atoms with E-state index >= 15 is 0 Å². The van der Waals surface area contributed by atoms with Crippen LogP contribution in [0.1, 0.15) is 5.56 Å². The summed E-state index contributed by atoms with van der Waals surface area (Å²) in [6.45, 7) is -0.890. The van der Waals surface area contributed by atoms with Crippen LogP contribution in [-0.2, 0) is 9.59 Å². The lowest BCUT2D eigenvalue weighted by atomic mass is 10.2. The molecular formula is C17H14N4O6. The summed E-state index contributed by atoms with van der Waals surface area (Å²) in [6, 6.07) is 13.7. The fraction of sp³-hybridized carbons (Fsp3) is 0.118. The van der Waals surface area contributed by atoms with E-state index in [2.05, 4.69) is 10.9 Å². The van der Waals surface area contributed by atoms with E-state index in [-0.39, 0.29) is 18.0 Å². The summed E-state index contributed by atoms with van der Waals surface area (Å²) in [4.78, 5) is 33.5. The number of benzene rings is 2. The Morgan fingerprint density at radius 3 is 2.19 bits per heavy atom. The predicted molar refractivity (Wildman–Crippen MR) is 91.5 cm³/mol. The van der Waals surface area contributed by atoms with Crippen molar-refractivity contribution in [3.8, 4) is 17.6 Å². The van der Waals surface area contributed by atoms with Gasteiger partial charge in [0.2, 0.25) is 0 Å². The standard InChI is InChI=1S/C17H14N4O6/c18-9-12-5-7-13(8-6-12)26-10-16(22)19-20-17(23)11-27-15-4-2-1-3-14(15)21(24)25/h1-8H,10-11H2,(H,19,22)(H,20,23). The molecule has 10 nitrogen and oxygen atoms in total. The maximum absolute atomic E-state index is 11.7. The molecule has 2 amide bonds. The molecule has 0 radical (unpaired) electrons. The topological polar surface area (TPSA) is 144 Å². The molecule has 0 unspecified atom stereocenters. The highest BCUT2D eigenvalue weighted by Gasteiger charge is 2.15. The Bertz CT molecular complexity index is 876. The molecule has 0 heterocycles. The number of amides is 2. The minimum Gasteiger partial charge on any atom is -0.484 e. The van der Waals surface area contributed by atoms with E-state index in [1.165, 1.54) is 48.5 Å². The maximum Gasteiger partial charge on any atom is 0.310 e. The molecule has 0 saturated carbocycles. The van der Waals surface area contributed by atoms with Crippen molar-refractivity contribution in [1.29, 1.82) is 5.26 Å². The van der Waals surface area contributed by atoms with Gasteiger partial charge in [0.15, 0.2) is 19.0 Å². The van der Waals surface area contributed by atoms with Gasteiger partial charge >= 0.3 is 5.69 Å². The molecule has 0 aliphatic carbocycles. The number of hydrogen-bond donors (Lipinski definition) is 2. The summed E-state index contributed by atoms with van der Waals surface area (Å²) < 4.78 is 10.3. The average molecular weight is 370 g/mol. The van der Waals surface area contributed by atoms with E-state index in [0.717, 1.165) is 0 Å². The highest BCUT2D eigenvalue weighted by Crippen LogP contribution is 2.25. The SMILES string of the molecule is N#Cc1ccc(OCC(=O)NNC(=O)COc2ccccc2[N+](=O)[O-])cc1. The summed E-state index contributed by atoms with van der Waals surface area (Å²) in [5.41, 5.74) is 4.40. The second-order valence-electron chi connectivity index (χ2n) is 5.03. The van der Waals surface area contributed by atoms with Gasteiger partial charge in [0, 0.05) is 6.07 Å². The number of nitro groups is 1. The summed E-state index contributed by atoms with van der Waals surface area (Å²) in [5.74, 6) is -1.01. The molecule has 0 atom stereocenters. The molecule has 27 heavy (non-hydrogen) atoms. The smallest absolute Gasteiger partial charge is 0.310 e. The van der Waals surface area contributed by atoms with Crippen molar-refractivity contribution in [3.63, 3.8) is 0 Å². The lowest BCUT2D eigenvalue weighted by Crippen LogP contribution is -2.45. The number of carbonyl (C=O) groups is 2. The van der Waals surface area contributed by atoms with Crippen LogP contribution in [0.15, 0.2) is 48.5 Å². The molecule has 2 rings (SSSR count). The Hall–Kier alpha value is -4.13. The fourth-order valence-corrected chi connectivity index (χ4v) is 1.86. The summed E-state index contributed by atoms with van der Waals surface area (Å²) in [6.07, 6.45) is 0. The Morgan fingerprint density at radius 2 is 1.59 bits per heavy atom. The van der Waals surface area contributed by atoms with Crippen LogP contribution in [0.25, 0.3) is 0 Å². The normalized spacial score (nSPS) is 9.59. The van der Waals surface area contributed by atoms with Crippen LogP contribution in [0.2, 0.25) is 0 Å². The van der Waals surface area contributed by atoms with Crippen LogP contribution in [0.3, 0.4) is 0 Å². The Labute approximate surface area is 153 Å². The molecule has 138 valence electrons. The van der Waals surface area contributed by atoms with E-state index in [9.17, 15) is 19.7 Å². The predicted octanol–water partition coefficient (Wildman–Crippen LogP) is 1.07. The first-order valence-corrected chi connectivity index (χ1v) is 7.56. The van der Waals surface area contributed by atoms with E-state index in [0.29, 0.717) is 11.3 Å².